The molecule has 0 aromatic carbocycles. The Morgan fingerprint density at radius 2 is 1.86 bits per heavy atom. The van der Waals surface area contributed by atoms with E-state index in [1.807, 2.05) is 0 Å². The maximum atomic E-state index is 12.5. The van der Waals surface area contributed by atoms with Crippen molar-refractivity contribution in [3.05, 3.63) is 0 Å². The Balaban J connectivity index is 1.79. The van der Waals surface area contributed by atoms with E-state index in [2.05, 4.69) is 6.92 Å². The third-order valence-electron chi connectivity index (χ3n) is 4.87. The van der Waals surface area contributed by atoms with Crippen LogP contribution in [0.15, 0.2) is 0 Å². The summed E-state index contributed by atoms with van der Waals surface area (Å²) in [6.07, 6.45) is 4.81. The van der Waals surface area contributed by atoms with Crippen LogP contribution < -0.4 is 0 Å². The zero-order valence-electron chi connectivity index (χ0n) is 13.1. The molecule has 2 fully saturated rings. The monoisotopic (exact) mass is 297 g/mol. The minimum absolute atomic E-state index is 0.0339. The van der Waals surface area contributed by atoms with E-state index in [1.165, 1.54) is 12.8 Å². The van der Waals surface area contributed by atoms with Crippen molar-refractivity contribution in [3.8, 4) is 0 Å². The molecule has 0 aromatic heterocycles. The van der Waals surface area contributed by atoms with Crippen LogP contribution in [-0.4, -0.2) is 48.7 Å². The van der Waals surface area contributed by atoms with Gasteiger partial charge in [-0.05, 0) is 37.5 Å². The molecule has 5 heteroatoms. The third-order valence-corrected chi connectivity index (χ3v) is 4.87. The molecule has 1 N–H and O–H groups in total. The average Bonchev–Trinajstić information content (AvgIpc) is 3.18. The highest BCUT2D eigenvalue weighted by Gasteiger charge is 2.43. The standard InChI is InChI=1S/C16H27NO4/c1-3-11-8-13(14(9-11)16(19)20)15(18)17(2)6-7-21-10-12-4-5-12/h11-14H,3-10H2,1-2H3,(H,19,20)/t11?,13-,14+/m0/s1. The molecule has 0 heterocycles. The Kier molecular flexibility index (Phi) is 5.62. The van der Waals surface area contributed by atoms with Gasteiger partial charge in [-0.25, -0.2) is 0 Å². The molecule has 21 heavy (non-hydrogen) atoms. The Morgan fingerprint density at radius 3 is 2.43 bits per heavy atom. The second-order valence-corrected chi connectivity index (χ2v) is 6.57. The fraction of sp³-hybridized carbons (Fsp3) is 0.875. The molecule has 5 nitrogen and oxygen atoms in total. The van der Waals surface area contributed by atoms with E-state index in [0.29, 0.717) is 31.9 Å². The van der Waals surface area contributed by atoms with Crippen molar-refractivity contribution in [2.75, 3.05) is 26.8 Å². The van der Waals surface area contributed by atoms with Crippen LogP contribution >= 0.6 is 0 Å². The Morgan fingerprint density at radius 1 is 1.19 bits per heavy atom. The maximum absolute atomic E-state index is 12.5. The molecule has 0 aromatic rings. The molecular weight excluding hydrogens is 270 g/mol. The van der Waals surface area contributed by atoms with Crippen molar-refractivity contribution in [1.29, 1.82) is 0 Å². The van der Waals surface area contributed by atoms with Crippen LogP contribution in [0.25, 0.3) is 0 Å². The molecule has 3 atom stereocenters. The van der Waals surface area contributed by atoms with Crippen molar-refractivity contribution < 1.29 is 19.4 Å². The molecule has 2 aliphatic carbocycles. The van der Waals surface area contributed by atoms with Crippen LogP contribution in [-0.2, 0) is 14.3 Å². The van der Waals surface area contributed by atoms with Crippen molar-refractivity contribution in [2.45, 2.75) is 39.0 Å². The molecule has 0 aliphatic heterocycles. The normalized spacial score (nSPS) is 28.6. The Bertz CT molecular complexity index is 380. The number of rotatable bonds is 8. The van der Waals surface area contributed by atoms with E-state index < -0.39 is 11.9 Å². The summed E-state index contributed by atoms with van der Waals surface area (Å²) in [5.41, 5.74) is 0. The molecule has 2 aliphatic rings. The number of carboxylic acid groups (broad SMARTS) is 1. The van der Waals surface area contributed by atoms with Crippen molar-refractivity contribution in [1.82, 2.24) is 4.90 Å². The molecule has 0 bridgehead atoms. The molecule has 1 amide bonds. The number of carbonyl (C=O) groups excluding carboxylic acids is 1. The summed E-state index contributed by atoms with van der Waals surface area (Å²) in [6.45, 7) is 3.94. The van der Waals surface area contributed by atoms with Gasteiger partial charge in [0.1, 0.15) is 0 Å². The van der Waals surface area contributed by atoms with Gasteiger partial charge in [0.15, 0.2) is 0 Å². The van der Waals surface area contributed by atoms with E-state index in [-0.39, 0.29) is 11.8 Å². The van der Waals surface area contributed by atoms with E-state index in [4.69, 9.17) is 4.74 Å². The summed E-state index contributed by atoms with van der Waals surface area (Å²) in [5, 5.41) is 9.31. The highest BCUT2D eigenvalue weighted by Crippen LogP contribution is 2.39. The van der Waals surface area contributed by atoms with Crippen molar-refractivity contribution in [2.24, 2.45) is 23.7 Å². The van der Waals surface area contributed by atoms with Crippen molar-refractivity contribution >= 4 is 11.9 Å². The first-order valence-corrected chi connectivity index (χ1v) is 8.08. The zero-order chi connectivity index (χ0) is 15.4. The molecule has 0 radical (unpaired) electrons. The largest absolute Gasteiger partial charge is 0.481 e. The Hall–Kier alpha value is -1.10. The van der Waals surface area contributed by atoms with Gasteiger partial charge in [0, 0.05) is 20.2 Å². The lowest BCUT2D eigenvalue weighted by Gasteiger charge is -2.23. The second-order valence-electron chi connectivity index (χ2n) is 6.57. The molecule has 0 spiro atoms. The number of ether oxygens (including phenoxy) is 1. The summed E-state index contributed by atoms with van der Waals surface area (Å²) in [7, 11) is 1.75. The molecule has 120 valence electrons. The summed E-state index contributed by atoms with van der Waals surface area (Å²) in [5.74, 6) is -0.656. The summed E-state index contributed by atoms with van der Waals surface area (Å²) < 4.78 is 5.55. The summed E-state index contributed by atoms with van der Waals surface area (Å²) in [4.78, 5) is 25.5. The van der Waals surface area contributed by atoms with E-state index in [9.17, 15) is 14.7 Å². The minimum Gasteiger partial charge on any atom is -0.481 e. The average molecular weight is 297 g/mol. The van der Waals surface area contributed by atoms with Gasteiger partial charge in [-0.2, -0.15) is 0 Å². The number of likely N-dealkylation sites (N-methyl/N-ethyl adjacent to an activating group) is 1. The summed E-state index contributed by atoms with van der Waals surface area (Å²) in [6, 6.07) is 0. The second kappa shape index (κ2) is 7.25. The number of nitrogens with zero attached hydrogens (tertiary/aromatic N) is 1. The lowest BCUT2D eigenvalue weighted by atomic mass is 9.95. The van der Waals surface area contributed by atoms with Crippen LogP contribution in [0.3, 0.4) is 0 Å². The van der Waals surface area contributed by atoms with Crippen molar-refractivity contribution in [3.63, 3.8) is 0 Å². The van der Waals surface area contributed by atoms with Gasteiger partial charge in [-0.15, -0.1) is 0 Å². The molecule has 2 rings (SSSR count). The predicted molar refractivity (Wildman–Crippen MR) is 78.8 cm³/mol. The molecule has 2 saturated carbocycles. The third kappa shape index (κ3) is 4.43. The predicted octanol–water partition coefficient (Wildman–Crippen LogP) is 2.01. The van der Waals surface area contributed by atoms with E-state index in [1.54, 1.807) is 11.9 Å². The SMILES string of the molecule is CCC1C[C@H](C(=O)N(C)CCOCC2CC2)[C@H](C(=O)O)C1. The number of carbonyl (C=O) groups is 2. The molecular formula is C16H27NO4. The zero-order valence-corrected chi connectivity index (χ0v) is 13.1. The highest BCUT2D eigenvalue weighted by molar-refractivity contribution is 5.85. The number of hydrogen-bond donors (Lipinski definition) is 1. The van der Waals surface area contributed by atoms with Crippen LogP contribution in [0.1, 0.15) is 39.0 Å². The highest BCUT2D eigenvalue weighted by atomic mass is 16.5. The van der Waals surface area contributed by atoms with Crippen LogP contribution in [0.5, 0.6) is 0 Å². The number of aliphatic carboxylic acids is 1. The number of amides is 1. The quantitative estimate of drug-likeness (QED) is 0.696. The van der Waals surface area contributed by atoms with Gasteiger partial charge in [0.05, 0.1) is 18.4 Å². The lowest BCUT2D eigenvalue weighted by Crippen LogP contribution is -2.38. The van der Waals surface area contributed by atoms with Crippen LogP contribution in [0, 0.1) is 23.7 Å². The number of hydrogen-bond acceptors (Lipinski definition) is 3. The minimum atomic E-state index is -0.831. The Labute approximate surface area is 126 Å². The fourth-order valence-corrected chi connectivity index (χ4v) is 3.15. The van der Waals surface area contributed by atoms with Gasteiger partial charge >= 0.3 is 5.97 Å². The number of carboxylic acids is 1. The molecule has 0 saturated heterocycles. The molecule has 1 unspecified atom stereocenters. The van der Waals surface area contributed by atoms with Crippen LogP contribution in [0.4, 0.5) is 0 Å². The smallest absolute Gasteiger partial charge is 0.307 e. The van der Waals surface area contributed by atoms with Gasteiger partial charge in [-0.3, -0.25) is 9.59 Å². The van der Waals surface area contributed by atoms with Crippen LogP contribution in [0.2, 0.25) is 0 Å². The van der Waals surface area contributed by atoms with E-state index in [0.717, 1.165) is 18.9 Å². The van der Waals surface area contributed by atoms with Gasteiger partial charge < -0.3 is 14.7 Å². The van der Waals surface area contributed by atoms with E-state index >= 15 is 0 Å². The lowest BCUT2D eigenvalue weighted by molar-refractivity contribution is -0.148. The topological polar surface area (TPSA) is 66.8 Å². The van der Waals surface area contributed by atoms with Gasteiger partial charge in [0.2, 0.25) is 5.91 Å². The van der Waals surface area contributed by atoms with Gasteiger partial charge in [-0.1, -0.05) is 13.3 Å². The summed E-state index contributed by atoms with van der Waals surface area (Å²) >= 11 is 0. The fourth-order valence-electron chi connectivity index (χ4n) is 3.15. The first-order valence-electron chi connectivity index (χ1n) is 8.08. The first-order chi connectivity index (χ1) is 10.0. The maximum Gasteiger partial charge on any atom is 0.307 e. The van der Waals surface area contributed by atoms with Gasteiger partial charge in [0.25, 0.3) is 0 Å². The first kappa shape index (κ1) is 16.3.